The number of phenolic OH excluding ortho intramolecular Hbond substituents is 1. The first-order valence-corrected chi connectivity index (χ1v) is 7.73. The van der Waals surface area contributed by atoms with E-state index in [-0.39, 0.29) is 16.6 Å². The number of thiol groups is 1. The molecule has 124 valence electrons. The molecule has 0 fully saturated rings. The Bertz CT molecular complexity index is 1010. The minimum absolute atomic E-state index is 0.0667. The van der Waals surface area contributed by atoms with Crippen molar-refractivity contribution in [2.45, 2.75) is 12.1 Å². The molecule has 1 aromatic heterocycles. The quantitative estimate of drug-likeness (QED) is 0.538. The molecule has 25 heavy (non-hydrogen) atoms. The number of nitrogens with zero attached hydrogens (tertiary/aromatic N) is 5. The number of carbonyl (C=O) groups excluding carboxylic acids is 2. The van der Waals surface area contributed by atoms with E-state index in [9.17, 15) is 14.7 Å². The van der Waals surface area contributed by atoms with Crippen LogP contribution in [-0.2, 0) is 0 Å². The summed E-state index contributed by atoms with van der Waals surface area (Å²) in [5.41, 5.74) is 1.70. The molecule has 9 heteroatoms. The Morgan fingerprint density at radius 1 is 1.08 bits per heavy atom. The zero-order valence-corrected chi connectivity index (χ0v) is 13.8. The second-order valence-corrected chi connectivity index (χ2v) is 5.91. The zero-order chi connectivity index (χ0) is 17.7. The number of tetrazole rings is 1. The first-order valence-electron chi connectivity index (χ1n) is 7.28. The molecule has 0 bridgehead atoms. The summed E-state index contributed by atoms with van der Waals surface area (Å²) in [5, 5.41) is 21.4. The maximum absolute atomic E-state index is 12.6. The second-order valence-electron chi connectivity index (χ2n) is 5.51. The molecular formula is C16H11N5O3S. The van der Waals surface area contributed by atoms with Crippen molar-refractivity contribution in [3.8, 4) is 11.4 Å². The van der Waals surface area contributed by atoms with Crippen molar-refractivity contribution in [3.63, 3.8) is 0 Å². The molecule has 1 aliphatic rings. The molecule has 4 rings (SSSR count). The maximum atomic E-state index is 12.6. The number of aromatic hydroxyl groups is 1. The first kappa shape index (κ1) is 15.3. The number of aromatic nitrogens is 4. The molecule has 1 aliphatic heterocycles. The lowest BCUT2D eigenvalue weighted by atomic mass is 10.1. The van der Waals surface area contributed by atoms with E-state index in [4.69, 9.17) is 0 Å². The van der Waals surface area contributed by atoms with Crippen LogP contribution in [0.25, 0.3) is 5.69 Å². The van der Waals surface area contributed by atoms with Crippen molar-refractivity contribution < 1.29 is 14.7 Å². The summed E-state index contributed by atoms with van der Waals surface area (Å²) in [7, 11) is 0. The molecule has 2 heterocycles. The van der Waals surface area contributed by atoms with Crippen LogP contribution in [0.1, 0.15) is 26.3 Å². The van der Waals surface area contributed by atoms with Crippen molar-refractivity contribution >= 4 is 30.1 Å². The predicted octanol–water partition coefficient (Wildman–Crippen LogP) is 1.77. The van der Waals surface area contributed by atoms with Crippen LogP contribution in [0.5, 0.6) is 5.75 Å². The van der Waals surface area contributed by atoms with Crippen LogP contribution in [0.3, 0.4) is 0 Å². The van der Waals surface area contributed by atoms with Gasteiger partial charge in [0.1, 0.15) is 11.4 Å². The number of carbonyl (C=O) groups is 2. The highest BCUT2D eigenvalue weighted by Gasteiger charge is 2.36. The van der Waals surface area contributed by atoms with E-state index >= 15 is 0 Å². The van der Waals surface area contributed by atoms with Crippen LogP contribution in [0.2, 0.25) is 0 Å². The van der Waals surface area contributed by atoms with Crippen molar-refractivity contribution in [1.29, 1.82) is 0 Å². The monoisotopic (exact) mass is 353 g/mol. The summed E-state index contributed by atoms with van der Waals surface area (Å²) >= 11 is 4.13. The second kappa shape index (κ2) is 5.42. The Morgan fingerprint density at radius 2 is 1.72 bits per heavy atom. The van der Waals surface area contributed by atoms with Crippen LogP contribution in [0.15, 0.2) is 41.6 Å². The van der Waals surface area contributed by atoms with Crippen molar-refractivity contribution in [3.05, 3.63) is 53.1 Å². The highest BCUT2D eigenvalue weighted by molar-refractivity contribution is 7.80. The topological polar surface area (TPSA) is 101 Å². The molecular weight excluding hydrogens is 342 g/mol. The molecule has 0 unspecified atom stereocenters. The summed E-state index contributed by atoms with van der Waals surface area (Å²) in [4.78, 5) is 26.4. The molecule has 0 spiro atoms. The molecule has 2 aromatic carbocycles. The molecule has 0 radical (unpaired) electrons. The highest BCUT2D eigenvalue weighted by Crippen LogP contribution is 2.35. The van der Waals surface area contributed by atoms with E-state index < -0.39 is 11.8 Å². The van der Waals surface area contributed by atoms with Crippen LogP contribution in [0, 0.1) is 6.92 Å². The van der Waals surface area contributed by atoms with E-state index in [2.05, 4.69) is 28.2 Å². The molecule has 2 amide bonds. The van der Waals surface area contributed by atoms with Gasteiger partial charge in [-0.05, 0) is 47.2 Å². The first-order chi connectivity index (χ1) is 12.0. The molecule has 8 nitrogen and oxygen atoms in total. The van der Waals surface area contributed by atoms with Gasteiger partial charge in [0.05, 0.1) is 16.8 Å². The van der Waals surface area contributed by atoms with E-state index in [0.29, 0.717) is 22.4 Å². The van der Waals surface area contributed by atoms with Crippen LogP contribution in [-0.4, -0.2) is 37.1 Å². The molecule has 0 saturated heterocycles. The number of imide groups is 1. The summed E-state index contributed by atoms with van der Waals surface area (Å²) in [6.07, 6.45) is 0. The van der Waals surface area contributed by atoms with E-state index in [1.165, 1.54) is 10.7 Å². The van der Waals surface area contributed by atoms with E-state index in [1.807, 2.05) is 0 Å². The SMILES string of the molecule is Cc1cc(N2C(=O)c3ccccc3C2=O)cc(-n2nnnc2S)c1O. The number of fused-ring (bicyclic) bond motifs is 1. The van der Waals surface area contributed by atoms with Gasteiger partial charge in [-0.3, -0.25) is 9.59 Å². The van der Waals surface area contributed by atoms with Gasteiger partial charge in [0, 0.05) is 0 Å². The third kappa shape index (κ3) is 2.20. The average molecular weight is 353 g/mol. The number of anilines is 1. The van der Waals surface area contributed by atoms with E-state index in [0.717, 1.165) is 4.90 Å². The molecule has 0 saturated carbocycles. The minimum atomic E-state index is -0.417. The van der Waals surface area contributed by atoms with Crippen LogP contribution in [0.4, 0.5) is 5.69 Å². The van der Waals surface area contributed by atoms with Gasteiger partial charge in [0.15, 0.2) is 0 Å². The van der Waals surface area contributed by atoms with Crippen LogP contribution < -0.4 is 4.90 Å². The smallest absolute Gasteiger partial charge is 0.266 e. The van der Waals surface area contributed by atoms with Crippen LogP contribution >= 0.6 is 12.6 Å². The van der Waals surface area contributed by atoms with Gasteiger partial charge in [-0.15, -0.1) is 17.7 Å². The third-order valence-corrected chi connectivity index (χ3v) is 4.28. The van der Waals surface area contributed by atoms with Crippen molar-refractivity contribution in [2.75, 3.05) is 4.90 Å². The Labute approximate surface area is 147 Å². The minimum Gasteiger partial charge on any atom is -0.505 e. The van der Waals surface area contributed by atoms with Gasteiger partial charge in [0.25, 0.3) is 11.8 Å². The lowest BCUT2D eigenvalue weighted by Gasteiger charge is -2.17. The molecule has 0 atom stereocenters. The average Bonchev–Trinajstić information content (AvgIpc) is 3.13. The maximum Gasteiger partial charge on any atom is 0.266 e. The van der Waals surface area contributed by atoms with Gasteiger partial charge >= 0.3 is 0 Å². The van der Waals surface area contributed by atoms with Gasteiger partial charge in [-0.25, -0.2) is 4.90 Å². The number of hydrogen-bond donors (Lipinski definition) is 2. The lowest BCUT2D eigenvalue weighted by molar-refractivity contribution is 0.0926. The Morgan fingerprint density at radius 3 is 2.28 bits per heavy atom. The highest BCUT2D eigenvalue weighted by atomic mass is 32.1. The molecule has 3 aromatic rings. The van der Waals surface area contributed by atoms with Gasteiger partial charge in [0.2, 0.25) is 5.16 Å². The Balaban J connectivity index is 1.88. The fourth-order valence-corrected chi connectivity index (χ4v) is 2.98. The third-order valence-electron chi connectivity index (χ3n) is 4.00. The number of amides is 2. The van der Waals surface area contributed by atoms with Crippen molar-refractivity contribution in [1.82, 2.24) is 20.2 Å². The fraction of sp³-hybridized carbons (Fsp3) is 0.0625. The largest absolute Gasteiger partial charge is 0.505 e. The summed E-state index contributed by atoms with van der Waals surface area (Å²) < 4.78 is 1.22. The van der Waals surface area contributed by atoms with Gasteiger partial charge in [-0.2, -0.15) is 4.68 Å². The Hall–Kier alpha value is -3.20. The summed E-state index contributed by atoms with van der Waals surface area (Å²) in [5.74, 6) is -0.901. The van der Waals surface area contributed by atoms with Gasteiger partial charge in [-0.1, -0.05) is 12.1 Å². The van der Waals surface area contributed by atoms with E-state index in [1.54, 1.807) is 37.3 Å². The van der Waals surface area contributed by atoms with Crippen molar-refractivity contribution in [2.24, 2.45) is 0 Å². The predicted molar refractivity (Wildman–Crippen MR) is 90.4 cm³/mol. The standard InChI is InChI=1S/C16H11N5O3S/c1-8-6-9(7-12(13(8)22)21-16(25)17-18-19-21)20-14(23)10-4-2-3-5-11(10)15(20)24/h2-7,22H,1H3,(H,17,19,25). The lowest BCUT2D eigenvalue weighted by Crippen LogP contribution is -2.29. The number of benzene rings is 2. The number of phenols is 1. The summed E-state index contributed by atoms with van der Waals surface area (Å²) in [6, 6.07) is 9.65. The fourth-order valence-electron chi connectivity index (χ4n) is 2.79. The Kier molecular flexibility index (Phi) is 3.32. The normalized spacial score (nSPS) is 13.4. The number of hydrogen-bond acceptors (Lipinski definition) is 7. The molecule has 1 N–H and O–H groups in total. The summed E-state index contributed by atoms with van der Waals surface area (Å²) in [6.45, 7) is 1.66. The van der Waals surface area contributed by atoms with Gasteiger partial charge < -0.3 is 5.11 Å². The number of rotatable bonds is 2. The number of aryl methyl sites for hydroxylation is 1. The zero-order valence-electron chi connectivity index (χ0n) is 12.9. The molecule has 0 aliphatic carbocycles.